The second-order valence-corrected chi connectivity index (χ2v) is 6.00. The summed E-state index contributed by atoms with van der Waals surface area (Å²) in [5, 5.41) is 5.73. The largest absolute Gasteiger partial charge is 0.496 e. The second kappa shape index (κ2) is 8.94. The number of anilines is 2. The zero-order valence-corrected chi connectivity index (χ0v) is 15.2. The number of rotatable bonds is 7. The Balaban J connectivity index is 1.61. The van der Waals surface area contributed by atoms with Crippen LogP contribution in [0.15, 0.2) is 60.8 Å². The Labute approximate surface area is 161 Å². The molecule has 3 rings (SSSR count). The molecular formula is C21H19F2N3O2. The second-order valence-electron chi connectivity index (χ2n) is 6.00. The lowest BCUT2D eigenvalue weighted by Crippen LogP contribution is -2.26. The molecule has 1 aromatic heterocycles. The van der Waals surface area contributed by atoms with E-state index in [4.69, 9.17) is 4.74 Å². The first-order chi connectivity index (χ1) is 13.6. The van der Waals surface area contributed by atoms with Gasteiger partial charge in [-0.3, -0.25) is 9.78 Å². The number of pyridine rings is 1. The number of nitrogens with one attached hydrogen (secondary N) is 2. The minimum atomic E-state index is -0.951. The minimum absolute atomic E-state index is 0.215. The third kappa shape index (κ3) is 4.82. The molecule has 0 atom stereocenters. The highest BCUT2D eigenvalue weighted by atomic mass is 19.2. The number of methoxy groups -OCH3 is 1. The Morgan fingerprint density at radius 2 is 1.82 bits per heavy atom. The van der Waals surface area contributed by atoms with Crippen LogP contribution in [-0.4, -0.2) is 24.5 Å². The van der Waals surface area contributed by atoms with Crippen molar-refractivity contribution < 1.29 is 18.3 Å². The first-order valence-electron chi connectivity index (χ1n) is 8.65. The van der Waals surface area contributed by atoms with Crippen molar-refractivity contribution in [3.05, 3.63) is 83.7 Å². The molecule has 1 heterocycles. The number of aromatic nitrogens is 1. The maximum Gasteiger partial charge on any atom is 0.269 e. The fraction of sp³-hybridized carbons (Fsp3) is 0.143. The van der Waals surface area contributed by atoms with E-state index >= 15 is 0 Å². The topological polar surface area (TPSA) is 63.2 Å². The van der Waals surface area contributed by atoms with Crippen LogP contribution in [0, 0.1) is 11.6 Å². The van der Waals surface area contributed by atoms with Crippen molar-refractivity contribution in [3.63, 3.8) is 0 Å². The molecule has 0 aliphatic heterocycles. The summed E-state index contributed by atoms with van der Waals surface area (Å²) in [6.07, 6.45) is 2.08. The zero-order valence-electron chi connectivity index (χ0n) is 15.2. The van der Waals surface area contributed by atoms with Gasteiger partial charge in [-0.05, 0) is 42.3 Å². The smallest absolute Gasteiger partial charge is 0.269 e. The maximum atomic E-state index is 13.3. The van der Waals surface area contributed by atoms with Crippen molar-refractivity contribution in [2.75, 3.05) is 19.0 Å². The third-order valence-corrected chi connectivity index (χ3v) is 4.07. The van der Waals surface area contributed by atoms with Gasteiger partial charge in [0.05, 0.1) is 7.11 Å². The zero-order chi connectivity index (χ0) is 19.9. The van der Waals surface area contributed by atoms with E-state index in [0.29, 0.717) is 24.3 Å². The van der Waals surface area contributed by atoms with Gasteiger partial charge < -0.3 is 15.4 Å². The summed E-state index contributed by atoms with van der Waals surface area (Å²) in [4.78, 5) is 16.4. The van der Waals surface area contributed by atoms with Crippen molar-refractivity contribution in [1.29, 1.82) is 0 Å². The van der Waals surface area contributed by atoms with E-state index in [0.717, 1.165) is 23.4 Å². The van der Waals surface area contributed by atoms with Crippen LogP contribution < -0.4 is 15.4 Å². The van der Waals surface area contributed by atoms with Gasteiger partial charge in [-0.1, -0.05) is 18.2 Å². The molecular weight excluding hydrogens is 364 g/mol. The number of hydrogen-bond acceptors (Lipinski definition) is 4. The summed E-state index contributed by atoms with van der Waals surface area (Å²) < 4.78 is 31.6. The SMILES string of the molecule is COc1ccccc1CCNC(=O)c1cc(Nc2ccc(F)c(F)c2)ccn1. The van der Waals surface area contributed by atoms with E-state index in [-0.39, 0.29) is 11.6 Å². The molecule has 0 aliphatic rings. The Morgan fingerprint density at radius 3 is 2.61 bits per heavy atom. The van der Waals surface area contributed by atoms with Crippen LogP contribution in [0.25, 0.3) is 0 Å². The molecule has 0 saturated heterocycles. The molecule has 0 fully saturated rings. The average Bonchev–Trinajstić information content (AvgIpc) is 2.71. The molecule has 7 heteroatoms. The molecule has 2 aromatic carbocycles. The van der Waals surface area contributed by atoms with Crippen molar-refractivity contribution in [2.24, 2.45) is 0 Å². The van der Waals surface area contributed by atoms with Gasteiger partial charge in [0, 0.05) is 30.2 Å². The fourth-order valence-electron chi connectivity index (χ4n) is 2.68. The number of hydrogen-bond donors (Lipinski definition) is 2. The fourth-order valence-corrected chi connectivity index (χ4v) is 2.68. The van der Waals surface area contributed by atoms with E-state index in [9.17, 15) is 13.6 Å². The third-order valence-electron chi connectivity index (χ3n) is 4.07. The quantitative estimate of drug-likeness (QED) is 0.645. The predicted octanol–water partition coefficient (Wildman–Crippen LogP) is 4.08. The van der Waals surface area contributed by atoms with Gasteiger partial charge in [-0.2, -0.15) is 0 Å². The molecule has 0 radical (unpaired) electrons. The number of para-hydroxylation sites is 1. The Hall–Kier alpha value is -3.48. The van der Waals surface area contributed by atoms with Crippen molar-refractivity contribution in [2.45, 2.75) is 6.42 Å². The van der Waals surface area contributed by atoms with E-state index in [1.807, 2.05) is 24.3 Å². The van der Waals surface area contributed by atoms with Crippen LogP contribution in [0.4, 0.5) is 20.2 Å². The lowest BCUT2D eigenvalue weighted by atomic mass is 10.1. The highest BCUT2D eigenvalue weighted by molar-refractivity contribution is 5.93. The molecule has 2 N–H and O–H groups in total. The number of ether oxygens (including phenoxy) is 1. The highest BCUT2D eigenvalue weighted by Gasteiger charge is 2.09. The van der Waals surface area contributed by atoms with E-state index in [1.165, 1.54) is 12.3 Å². The first-order valence-corrected chi connectivity index (χ1v) is 8.65. The summed E-state index contributed by atoms with van der Waals surface area (Å²) in [6, 6.07) is 14.3. The van der Waals surface area contributed by atoms with Crippen LogP contribution >= 0.6 is 0 Å². The van der Waals surface area contributed by atoms with Crippen molar-refractivity contribution in [3.8, 4) is 5.75 Å². The molecule has 0 aliphatic carbocycles. The average molecular weight is 383 g/mol. The van der Waals surface area contributed by atoms with Crippen LogP contribution in [0.1, 0.15) is 16.1 Å². The van der Waals surface area contributed by atoms with Gasteiger partial charge >= 0.3 is 0 Å². The molecule has 0 spiro atoms. The van der Waals surface area contributed by atoms with Crippen LogP contribution in [0.5, 0.6) is 5.75 Å². The molecule has 0 saturated carbocycles. The summed E-state index contributed by atoms with van der Waals surface area (Å²) in [7, 11) is 1.60. The number of amides is 1. The van der Waals surface area contributed by atoms with Gasteiger partial charge in [0.25, 0.3) is 5.91 Å². The highest BCUT2D eigenvalue weighted by Crippen LogP contribution is 2.19. The number of nitrogens with zero attached hydrogens (tertiary/aromatic N) is 1. The van der Waals surface area contributed by atoms with E-state index in [2.05, 4.69) is 15.6 Å². The normalized spacial score (nSPS) is 10.4. The Morgan fingerprint density at radius 1 is 1.04 bits per heavy atom. The first kappa shape index (κ1) is 19.3. The molecule has 1 amide bonds. The maximum absolute atomic E-state index is 13.3. The van der Waals surface area contributed by atoms with Gasteiger partial charge in [0.2, 0.25) is 0 Å². The number of carbonyl (C=O) groups excluding carboxylic acids is 1. The Kier molecular flexibility index (Phi) is 6.16. The molecule has 3 aromatic rings. The number of carbonyl (C=O) groups is 1. The van der Waals surface area contributed by atoms with Gasteiger partial charge in [0.1, 0.15) is 11.4 Å². The van der Waals surface area contributed by atoms with Crippen LogP contribution in [0.3, 0.4) is 0 Å². The van der Waals surface area contributed by atoms with E-state index in [1.54, 1.807) is 19.2 Å². The summed E-state index contributed by atoms with van der Waals surface area (Å²) >= 11 is 0. The van der Waals surface area contributed by atoms with Crippen molar-refractivity contribution in [1.82, 2.24) is 10.3 Å². The molecule has 0 unspecified atom stereocenters. The molecule has 28 heavy (non-hydrogen) atoms. The lowest BCUT2D eigenvalue weighted by molar-refractivity contribution is 0.0949. The van der Waals surface area contributed by atoms with Gasteiger partial charge in [-0.15, -0.1) is 0 Å². The van der Waals surface area contributed by atoms with Gasteiger partial charge in [-0.25, -0.2) is 8.78 Å². The standard InChI is InChI=1S/C21H19F2N3O2/c1-28-20-5-3-2-4-14(20)8-10-25-21(27)19-13-16(9-11-24-19)26-15-6-7-17(22)18(23)12-15/h2-7,9,11-13H,8,10H2,1H3,(H,24,26)(H,25,27). The summed E-state index contributed by atoms with van der Waals surface area (Å²) in [5.74, 6) is -1.43. The minimum Gasteiger partial charge on any atom is -0.496 e. The predicted molar refractivity (Wildman–Crippen MR) is 103 cm³/mol. The lowest BCUT2D eigenvalue weighted by Gasteiger charge is -2.10. The Bertz CT molecular complexity index is 979. The number of halogens is 2. The van der Waals surface area contributed by atoms with Crippen molar-refractivity contribution >= 4 is 17.3 Å². The summed E-state index contributed by atoms with van der Waals surface area (Å²) in [6.45, 7) is 0.418. The van der Waals surface area contributed by atoms with E-state index < -0.39 is 11.6 Å². The molecule has 144 valence electrons. The summed E-state index contributed by atoms with van der Waals surface area (Å²) in [5.41, 5.74) is 2.11. The monoisotopic (exact) mass is 383 g/mol. The number of benzene rings is 2. The van der Waals surface area contributed by atoms with Crippen LogP contribution in [-0.2, 0) is 6.42 Å². The van der Waals surface area contributed by atoms with Crippen LogP contribution in [0.2, 0.25) is 0 Å². The molecule has 5 nitrogen and oxygen atoms in total. The molecule has 0 bridgehead atoms. The van der Waals surface area contributed by atoms with Gasteiger partial charge in [0.15, 0.2) is 11.6 Å².